The molecule has 0 heterocycles. The van der Waals surface area contributed by atoms with E-state index < -0.39 is 5.97 Å². The van der Waals surface area contributed by atoms with Crippen LogP contribution in [0, 0.1) is 5.92 Å². The van der Waals surface area contributed by atoms with Gasteiger partial charge >= 0.3 is 5.97 Å². The van der Waals surface area contributed by atoms with Crippen molar-refractivity contribution >= 4 is 5.97 Å². The Kier molecular flexibility index (Phi) is 13.6. The van der Waals surface area contributed by atoms with Crippen LogP contribution in [0.25, 0.3) is 0 Å². The van der Waals surface area contributed by atoms with E-state index >= 15 is 0 Å². The lowest BCUT2D eigenvalue weighted by molar-refractivity contribution is -0.142. The van der Waals surface area contributed by atoms with Crippen LogP contribution in [0.2, 0.25) is 0 Å². The summed E-state index contributed by atoms with van der Waals surface area (Å²) in [4.78, 5) is 11.2. The Morgan fingerprint density at radius 3 is 1.70 bits per heavy atom. The van der Waals surface area contributed by atoms with Crippen LogP contribution in [-0.4, -0.2) is 11.1 Å². The summed E-state index contributed by atoms with van der Waals surface area (Å²) < 4.78 is 0. The Hall–Kier alpha value is -1.05. The summed E-state index contributed by atoms with van der Waals surface area (Å²) >= 11 is 0. The van der Waals surface area contributed by atoms with Gasteiger partial charge in [-0.1, -0.05) is 50.7 Å². The van der Waals surface area contributed by atoms with Crippen LogP contribution in [0.15, 0.2) is 25.3 Å². The van der Waals surface area contributed by atoms with Crippen molar-refractivity contribution in [3.63, 3.8) is 0 Å². The van der Waals surface area contributed by atoms with Crippen LogP contribution >= 0.6 is 0 Å². The van der Waals surface area contributed by atoms with Gasteiger partial charge in [0.1, 0.15) is 0 Å². The second-order valence-electron chi connectivity index (χ2n) is 5.60. The van der Waals surface area contributed by atoms with Gasteiger partial charge in [-0.3, -0.25) is 4.79 Å². The van der Waals surface area contributed by atoms with Crippen molar-refractivity contribution < 1.29 is 9.90 Å². The highest BCUT2D eigenvalue weighted by atomic mass is 16.4. The number of hydrogen-bond donors (Lipinski definition) is 1. The highest BCUT2D eigenvalue weighted by Gasteiger charge is 2.15. The number of rotatable bonds is 15. The number of allylic oxidation sites excluding steroid dienone is 2. The third-order valence-electron chi connectivity index (χ3n) is 3.77. The lowest BCUT2D eigenvalue weighted by Gasteiger charge is -2.11. The van der Waals surface area contributed by atoms with Crippen molar-refractivity contribution in [3.8, 4) is 0 Å². The SMILES string of the molecule is C=CCCCCCCCCC(CCCCC=C)C(=O)O. The molecule has 0 spiro atoms. The summed E-state index contributed by atoms with van der Waals surface area (Å²) in [6.07, 6.45) is 17.0. The van der Waals surface area contributed by atoms with Crippen LogP contribution in [0.5, 0.6) is 0 Å². The minimum Gasteiger partial charge on any atom is -0.481 e. The molecule has 0 saturated carbocycles. The Bertz CT molecular complexity index is 258. The fourth-order valence-corrected chi connectivity index (χ4v) is 2.46. The molecular formula is C18H32O2. The Morgan fingerprint density at radius 2 is 1.20 bits per heavy atom. The van der Waals surface area contributed by atoms with Crippen molar-refractivity contribution in [1.29, 1.82) is 0 Å². The zero-order valence-electron chi connectivity index (χ0n) is 13.0. The molecule has 20 heavy (non-hydrogen) atoms. The van der Waals surface area contributed by atoms with Crippen molar-refractivity contribution in [2.75, 3.05) is 0 Å². The van der Waals surface area contributed by atoms with E-state index in [0.29, 0.717) is 0 Å². The van der Waals surface area contributed by atoms with Crippen molar-refractivity contribution in [2.24, 2.45) is 5.92 Å². The third-order valence-corrected chi connectivity index (χ3v) is 3.77. The maximum atomic E-state index is 11.2. The highest BCUT2D eigenvalue weighted by molar-refractivity contribution is 5.69. The Morgan fingerprint density at radius 1 is 0.800 bits per heavy atom. The molecular weight excluding hydrogens is 248 g/mol. The van der Waals surface area contributed by atoms with E-state index in [-0.39, 0.29) is 5.92 Å². The number of aliphatic carboxylic acids is 1. The zero-order chi connectivity index (χ0) is 15.1. The fourth-order valence-electron chi connectivity index (χ4n) is 2.46. The molecule has 0 fully saturated rings. The fraction of sp³-hybridized carbons (Fsp3) is 0.722. The van der Waals surface area contributed by atoms with E-state index in [0.717, 1.165) is 44.9 Å². The van der Waals surface area contributed by atoms with Crippen LogP contribution in [0.3, 0.4) is 0 Å². The lowest BCUT2D eigenvalue weighted by atomic mass is 9.94. The van der Waals surface area contributed by atoms with Crippen LogP contribution < -0.4 is 0 Å². The third kappa shape index (κ3) is 12.0. The predicted molar refractivity (Wildman–Crippen MR) is 86.9 cm³/mol. The van der Waals surface area contributed by atoms with Gasteiger partial charge in [0, 0.05) is 0 Å². The molecule has 2 nitrogen and oxygen atoms in total. The lowest BCUT2D eigenvalue weighted by Crippen LogP contribution is -2.13. The molecule has 0 aliphatic rings. The highest BCUT2D eigenvalue weighted by Crippen LogP contribution is 2.18. The number of hydrogen-bond acceptors (Lipinski definition) is 1. The summed E-state index contributed by atoms with van der Waals surface area (Å²) in [5.41, 5.74) is 0. The number of carbonyl (C=O) groups is 1. The van der Waals surface area contributed by atoms with Gasteiger partial charge in [0.15, 0.2) is 0 Å². The first-order valence-electron chi connectivity index (χ1n) is 8.17. The Balaban J connectivity index is 3.52. The molecule has 0 aromatic rings. The number of carboxylic acid groups (broad SMARTS) is 1. The van der Waals surface area contributed by atoms with Gasteiger partial charge in [0.25, 0.3) is 0 Å². The first kappa shape index (κ1) is 18.9. The van der Waals surface area contributed by atoms with Crippen molar-refractivity contribution in [3.05, 3.63) is 25.3 Å². The van der Waals surface area contributed by atoms with E-state index in [1.54, 1.807) is 0 Å². The molecule has 1 atom stereocenters. The summed E-state index contributed by atoms with van der Waals surface area (Å²) in [6.45, 7) is 7.41. The molecule has 116 valence electrons. The summed E-state index contributed by atoms with van der Waals surface area (Å²) in [5, 5.41) is 9.20. The molecule has 1 unspecified atom stereocenters. The maximum Gasteiger partial charge on any atom is 0.306 e. The van der Waals surface area contributed by atoms with Gasteiger partial charge in [-0.15, -0.1) is 13.2 Å². The molecule has 0 rings (SSSR count). The zero-order valence-corrected chi connectivity index (χ0v) is 13.0. The van der Waals surface area contributed by atoms with Crippen LogP contribution in [-0.2, 0) is 4.79 Å². The largest absolute Gasteiger partial charge is 0.481 e. The molecule has 2 heteroatoms. The summed E-state index contributed by atoms with van der Waals surface area (Å²) in [6, 6.07) is 0. The second kappa shape index (κ2) is 14.4. The van der Waals surface area contributed by atoms with Crippen LogP contribution in [0.1, 0.15) is 77.0 Å². The standard InChI is InChI=1S/C18H32O2/c1-3-5-7-9-10-11-12-14-16-17(18(19)20)15-13-8-6-4-2/h3-4,17H,1-2,5-16H2,(H,19,20). The van der Waals surface area contributed by atoms with Gasteiger partial charge < -0.3 is 5.11 Å². The minimum atomic E-state index is -0.616. The smallest absolute Gasteiger partial charge is 0.306 e. The van der Waals surface area contributed by atoms with Crippen molar-refractivity contribution in [1.82, 2.24) is 0 Å². The van der Waals surface area contributed by atoms with E-state index in [4.69, 9.17) is 0 Å². The molecule has 0 amide bonds. The average molecular weight is 280 g/mol. The van der Waals surface area contributed by atoms with E-state index in [1.807, 2.05) is 12.2 Å². The molecule has 0 aliphatic heterocycles. The summed E-state index contributed by atoms with van der Waals surface area (Å²) in [5.74, 6) is -0.754. The van der Waals surface area contributed by atoms with E-state index in [2.05, 4.69) is 13.2 Å². The monoisotopic (exact) mass is 280 g/mol. The van der Waals surface area contributed by atoms with Gasteiger partial charge in [-0.05, 0) is 38.5 Å². The molecule has 0 aromatic heterocycles. The molecule has 0 bridgehead atoms. The Labute approximate surface area is 125 Å². The molecule has 0 aliphatic carbocycles. The number of carboxylic acids is 1. The molecule has 0 aromatic carbocycles. The molecule has 1 N–H and O–H groups in total. The van der Waals surface area contributed by atoms with E-state index in [1.165, 1.54) is 32.1 Å². The van der Waals surface area contributed by atoms with Crippen molar-refractivity contribution in [2.45, 2.75) is 77.0 Å². The molecule has 0 radical (unpaired) electrons. The van der Waals surface area contributed by atoms with Gasteiger partial charge in [0.05, 0.1) is 5.92 Å². The van der Waals surface area contributed by atoms with E-state index in [9.17, 15) is 9.90 Å². The van der Waals surface area contributed by atoms with Gasteiger partial charge in [0.2, 0.25) is 0 Å². The first-order valence-corrected chi connectivity index (χ1v) is 8.17. The quantitative estimate of drug-likeness (QED) is 0.307. The summed E-state index contributed by atoms with van der Waals surface area (Å²) in [7, 11) is 0. The predicted octanol–water partition coefficient (Wildman–Crippen LogP) is 5.74. The maximum absolute atomic E-state index is 11.2. The number of unbranched alkanes of at least 4 members (excludes halogenated alkanes) is 8. The molecule has 0 saturated heterocycles. The van der Waals surface area contributed by atoms with Crippen LogP contribution in [0.4, 0.5) is 0 Å². The van der Waals surface area contributed by atoms with Gasteiger partial charge in [-0.2, -0.15) is 0 Å². The topological polar surface area (TPSA) is 37.3 Å². The minimum absolute atomic E-state index is 0.138. The average Bonchev–Trinajstić information content (AvgIpc) is 2.43. The first-order chi connectivity index (χ1) is 9.72. The normalized spacial score (nSPS) is 12.0. The second-order valence-corrected chi connectivity index (χ2v) is 5.60. The van der Waals surface area contributed by atoms with Gasteiger partial charge in [-0.25, -0.2) is 0 Å².